The molecule has 2 aliphatic rings. The molecule has 20 heavy (non-hydrogen) atoms. The van der Waals surface area contributed by atoms with Crippen LogP contribution >= 0.6 is 18.2 Å². The van der Waals surface area contributed by atoms with Crippen molar-refractivity contribution in [1.82, 2.24) is 9.55 Å². The maximum absolute atomic E-state index is 11.8. The van der Waals surface area contributed by atoms with Gasteiger partial charge in [-0.25, -0.2) is 9.36 Å². The Morgan fingerprint density at radius 2 is 2.30 bits per heavy atom. The minimum Gasteiger partial charge on any atom is -0.351 e. The molecule has 10 heteroatoms. The van der Waals surface area contributed by atoms with Crippen LogP contribution in [0.1, 0.15) is 18.2 Å². The van der Waals surface area contributed by atoms with Crippen LogP contribution in [0.25, 0.3) is 0 Å². The molecule has 0 bridgehead atoms. The fourth-order valence-electron chi connectivity index (χ4n) is 2.30. The van der Waals surface area contributed by atoms with Crippen molar-refractivity contribution in [3.63, 3.8) is 0 Å². The molecule has 2 fully saturated rings. The molecule has 2 unspecified atom stereocenters. The van der Waals surface area contributed by atoms with Gasteiger partial charge in [0.15, 0.2) is 0 Å². The summed E-state index contributed by atoms with van der Waals surface area (Å²) in [5.74, 6) is 0. The van der Waals surface area contributed by atoms with E-state index in [1.165, 1.54) is 10.8 Å². The molecule has 4 atom stereocenters. The zero-order valence-corrected chi connectivity index (χ0v) is 12.2. The quantitative estimate of drug-likeness (QED) is 0.719. The normalized spacial score (nSPS) is 36.8. The molecule has 0 aromatic carbocycles. The Morgan fingerprint density at radius 1 is 1.55 bits per heavy atom. The lowest BCUT2D eigenvalue weighted by Gasteiger charge is -2.26. The summed E-state index contributed by atoms with van der Waals surface area (Å²) < 4.78 is 23.3. The maximum atomic E-state index is 11.8. The molecule has 8 nitrogen and oxygen atoms in total. The molecule has 110 valence electrons. The molecule has 0 radical (unpaired) electrons. The molecule has 3 rings (SSSR count). The van der Waals surface area contributed by atoms with Crippen LogP contribution in [-0.4, -0.2) is 32.4 Å². The second-order valence-corrected chi connectivity index (χ2v) is 8.78. The first-order valence-electron chi connectivity index (χ1n) is 5.99. The second-order valence-electron chi connectivity index (χ2n) is 4.75. The first-order valence-corrected chi connectivity index (χ1v) is 9.05. The summed E-state index contributed by atoms with van der Waals surface area (Å²) >= 11 is 0.847. The predicted octanol–water partition coefficient (Wildman–Crippen LogP) is 0.365. The first-order chi connectivity index (χ1) is 9.35. The lowest BCUT2D eigenvalue weighted by atomic mass is 10.2. The topological polar surface area (TPSA) is 111 Å². The van der Waals surface area contributed by atoms with Crippen LogP contribution in [0.3, 0.4) is 0 Å². The van der Waals surface area contributed by atoms with Gasteiger partial charge in [0, 0.05) is 23.4 Å². The van der Waals surface area contributed by atoms with E-state index in [0.29, 0.717) is 12.0 Å². The molecule has 0 saturated carbocycles. The highest BCUT2D eigenvalue weighted by Gasteiger charge is 2.46. The summed E-state index contributed by atoms with van der Waals surface area (Å²) in [6.07, 6.45) is 0.947. The van der Waals surface area contributed by atoms with E-state index in [9.17, 15) is 19.0 Å². The number of aromatic nitrogens is 2. The van der Waals surface area contributed by atoms with E-state index in [1.807, 2.05) is 0 Å². The SMILES string of the molecule is Cc1cn(C2C[C@@H]3SP(=O)(O)OC[C@H]3O2)c(=O)[nH]c1=O. The number of hydrogen-bond donors (Lipinski definition) is 2. The van der Waals surface area contributed by atoms with Crippen molar-refractivity contribution in [2.24, 2.45) is 0 Å². The van der Waals surface area contributed by atoms with Gasteiger partial charge in [0.1, 0.15) is 6.23 Å². The van der Waals surface area contributed by atoms with E-state index in [0.717, 1.165) is 11.4 Å². The van der Waals surface area contributed by atoms with Gasteiger partial charge in [0.2, 0.25) is 0 Å². The average molecular weight is 320 g/mol. The number of hydrogen-bond acceptors (Lipinski definition) is 6. The van der Waals surface area contributed by atoms with E-state index < -0.39 is 24.3 Å². The Labute approximate surface area is 117 Å². The van der Waals surface area contributed by atoms with Crippen LogP contribution in [0, 0.1) is 6.92 Å². The van der Waals surface area contributed by atoms with Crippen LogP contribution in [0.2, 0.25) is 0 Å². The van der Waals surface area contributed by atoms with Crippen LogP contribution in [0.5, 0.6) is 0 Å². The third-order valence-electron chi connectivity index (χ3n) is 3.31. The van der Waals surface area contributed by atoms with Crippen LogP contribution in [0.15, 0.2) is 15.8 Å². The third kappa shape index (κ3) is 2.51. The van der Waals surface area contributed by atoms with Gasteiger partial charge in [0.25, 0.3) is 5.56 Å². The smallest absolute Gasteiger partial charge is 0.351 e. The van der Waals surface area contributed by atoms with Gasteiger partial charge >= 0.3 is 12.5 Å². The molecule has 0 amide bonds. The highest BCUT2D eigenvalue weighted by molar-refractivity contribution is 8.55. The minimum atomic E-state index is -3.61. The summed E-state index contributed by atoms with van der Waals surface area (Å²) in [6, 6.07) is 0. The molecule has 3 heterocycles. The van der Waals surface area contributed by atoms with Crippen LogP contribution in [-0.2, 0) is 13.8 Å². The fourth-order valence-corrected chi connectivity index (χ4v) is 5.63. The van der Waals surface area contributed by atoms with Gasteiger partial charge in [-0.1, -0.05) is 0 Å². The Balaban J connectivity index is 1.88. The van der Waals surface area contributed by atoms with Crippen molar-refractivity contribution in [3.05, 3.63) is 32.6 Å². The highest BCUT2D eigenvalue weighted by atomic mass is 32.7. The van der Waals surface area contributed by atoms with Crippen molar-refractivity contribution >= 4 is 18.2 Å². The number of aryl methyl sites for hydroxylation is 1. The van der Waals surface area contributed by atoms with Gasteiger partial charge in [0.05, 0.1) is 12.7 Å². The lowest BCUT2D eigenvalue weighted by Crippen LogP contribution is -2.33. The Kier molecular flexibility index (Phi) is 3.42. The largest absolute Gasteiger partial charge is 0.387 e. The van der Waals surface area contributed by atoms with Crippen molar-refractivity contribution in [2.45, 2.75) is 30.9 Å². The molecule has 2 aliphatic heterocycles. The van der Waals surface area contributed by atoms with Gasteiger partial charge in [-0.05, 0) is 18.3 Å². The van der Waals surface area contributed by atoms with Gasteiger partial charge in [-0.2, -0.15) is 0 Å². The zero-order chi connectivity index (χ0) is 14.5. The minimum absolute atomic E-state index is 0.0268. The first kappa shape index (κ1) is 14.1. The molecule has 2 N–H and O–H groups in total. The van der Waals surface area contributed by atoms with E-state index >= 15 is 0 Å². The van der Waals surface area contributed by atoms with Crippen LogP contribution in [0.4, 0.5) is 0 Å². The fraction of sp³-hybridized carbons (Fsp3) is 0.600. The molecule has 0 spiro atoms. The third-order valence-corrected chi connectivity index (χ3v) is 6.74. The molecular formula is C10H13N2O6PS. The number of nitrogens with zero attached hydrogens (tertiary/aromatic N) is 1. The van der Waals surface area contributed by atoms with E-state index in [2.05, 4.69) is 4.98 Å². The van der Waals surface area contributed by atoms with Crippen molar-refractivity contribution in [1.29, 1.82) is 0 Å². The van der Waals surface area contributed by atoms with E-state index in [4.69, 9.17) is 9.26 Å². The molecule has 0 aliphatic carbocycles. The number of aromatic amines is 1. The molecular weight excluding hydrogens is 307 g/mol. The average Bonchev–Trinajstić information content (AvgIpc) is 2.74. The van der Waals surface area contributed by atoms with E-state index in [1.54, 1.807) is 6.92 Å². The molecule has 1 aromatic rings. The Bertz CT molecular complexity index is 700. The second kappa shape index (κ2) is 4.85. The predicted molar refractivity (Wildman–Crippen MR) is 71.7 cm³/mol. The summed E-state index contributed by atoms with van der Waals surface area (Å²) in [5.41, 5.74) is -0.582. The van der Waals surface area contributed by atoms with Gasteiger partial charge < -0.3 is 9.63 Å². The summed E-state index contributed by atoms with van der Waals surface area (Å²) in [6.45, 7) is -1.99. The lowest BCUT2D eigenvalue weighted by molar-refractivity contribution is -0.0211. The number of H-pyrrole nitrogens is 1. The monoisotopic (exact) mass is 320 g/mol. The number of rotatable bonds is 1. The summed E-state index contributed by atoms with van der Waals surface area (Å²) in [5, 5.41) is -0.205. The summed E-state index contributed by atoms with van der Waals surface area (Å²) in [4.78, 5) is 34.8. The van der Waals surface area contributed by atoms with Gasteiger partial charge in [-0.15, -0.1) is 0 Å². The van der Waals surface area contributed by atoms with Crippen molar-refractivity contribution in [2.75, 3.05) is 6.61 Å². The number of nitrogens with one attached hydrogen (secondary N) is 1. The van der Waals surface area contributed by atoms with Crippen molar-refractivity contribution in [3.8, 4) is 0 Å². The highest BCUT2D eigenvalue weighted by Crippen LogP contribution is 2.63. The Morgan fingerprint density at radius 3 is 3.05 bits per heavy atom. The number of ether oxygens (including phenoxy) is 1. The van der Waals surface area contributed by atoms with E-state index in [-0.39, 0.29) is 18.0 Å². The maximum Gasteiger partial charge on any atom is 0.387 e. The van der Waals surface area contributed by atoms with Crippen molar-refractivity contribution < 1.29 is 18.7 Å². The van der Waals surface area contributed by atoms with Crippen LogP contribution < -0.4 is 11.2 Å². The summed E-state index contributed by atoms with van der Waals surface area (Å²) in [7, 11) is 0. The van der Waals surface area contributed by atoms with Gasteiger partial charge in [-0.3, -0.25) is 18.9 Å². The zero-order valence-electron chi connectivity index (χ0n) is 10.5. The standard InChI is InChI=1S/C10H13N2O6PS/c1-5-3-12(10(14)11-9(5)13)8-2-7-6(18-8)4-17-19(15,16)20-7/h3,6-8H,2,4H2,1H3,(H,15,16)(H,11,13,14)/t6-,7+,8?/m1/s1. The molecule has 1 aromatic heterocycles. The Hall–Kier alpha value is -0.860. The molecule has 2 saturated heterocycles. The number of fused-ring (bicyclic) bond motifs is 1.